The molecule has 150 valence electrons. The number of carbonyl (C=O) groups excluding carboxylic acids is 1. The summed E-state index contributed by atoms with van der Waals surface area (Å²) in [4.78, 5) is 32.6. The van der Waals surface area contributed by atoms with E-state index >= 15 is 0 Å². The minimum absolute atomic E-state index is 0.108. The van der Waals surface area contributed by atoms with E-state index in [9.17, 15) is 4.79 Å². The van der Waals surface area contributed by atoms with Crippen molar-refractivity contribution >= 4 is 23.1 Å². The Morgan fingerprint density at radius 3 is 2.97 bits per heavy atom. The highest BCUT2D eigenvalue weighted by molar-refractivity contribution is 7.13. The van der Waals surface area contributed by atoms with Crippen LogP contribution in [0.25, 0.3) is 22.2 Å². The summed E-state index contributed by atoms with van der Waals surface area (Å²) >= 11 is 1.48. The Kier molecular flexibility index (Phi) is 6.18. The molecule has 4 rings (SSSR count). The van der Waals surface area contributed by atoms with Gasteiger partial charge in [-0.15, -0.1) is 11.3 Å². The second-order valence-electron chi connectivity index (χ2n) is 6.78. The largest absolute Gasteiger partial charge is 0.383 e. The summed E-state index contributed by atoms with van der Waals surface area (Å²) in [6.07, 6.45) is 5.54. The first-order valence-corrected chi connectivity index (χ1v) is 10.3. The average molecular weight is 411 g/mol. The number of hydrogen-bond donors (Lipinski definition) is 1. The third-order valence-electron chi connectivity index (χ3n) is 4.74. The number of amides is 1. The lowest BCUT2D eigenvalue weighted by Gasteiger charge is -2.22. The Morgan fingerprint density at radius 2 is 2.21 bits per heavy atom. The van der Waals surface area contributed by atoms with Gasteiger partial charge in [0.25, 0.3) is 0 Å². The summed E-state index contributed by atoms with van der Waals surface area (Å²) in [5.41, 5.74) is 1.30. The summed E-state index contributed by atoms with van der Waals surface area (Å²) in [7, 11) is 1.69. The van der Waals surface area contributed by atoms with Crippen LogP contribution < -0.4 is 5.32 Å². The molecule has 1 saturated heterocycles. The lowest BCUT2D eigenvalue weighted by molar-refractivity contribution is -0.117. The fourth-order valence-corrected chi connectivity index (χ4v) is 4.03. The van der Waals surface area contributed by atoms with Crippen molar-refractivity contribution in [1.29, 1.82) is 0 Å². The Balaban J connectivity index is 1.56. The lowest BCUT2D eigenvalue weighted by Crippen LogP contribution is -2.39. The van der Waals surface area contributed by atoms with Crippen molar-refractivity contribution < 1.29 is 9.53 Å². The molecule has 4 heterocycles. The van der Waals surface area contributed by atoms with Gasteiger partial charge in [0, 0.05) is 37.0 Å². The van der Waals surface area contributed by atoms with Crippen LogP contribution in [0.4, 0.5) is 5.82 Å². The number of ether oxygens (including phenoxy) is 1. The SMILES string of the molecule is COC[C@H]1CCCN1CC(=O)Nc1cc(-c2nccs2)nc(-c2ccccn2)n1. The number of nitrogens with zero attached hydrogens (tertiary/aromatic N) is 5. The van der Waals surface area contributed by atoms with E-state index in [1.165, 1.54) is 11.3 Å². The zero-order valence-electron chi connectivity index (χ0n) is 16.1. The van der Waals surface area contributed by atoms with Gasteiger partial charge in [-0.1, -0.05) is 6.07 Å². The molecule has 1 amide bonds. The first kappa shape index (κ1) is 19.6. The molecule has 0 bridgehead atoms. The quantitative estimate of drug-likeness (QED) is 0.640. The van der Waals surface area contributed by atoms with Crippen molar-refractivity contribution in [2.45, 2.75) is 18.9 Å². The number of methoxy groups -OCH3 is 1. The Morgan fingerprint density at radius 1 is 1.28 bits per heavy atom. The molecule has 0 radical (unpaired) electrons. The smallest absolute Gasteiger partial charge is 0.239 e. The van der Waals surface area contributed by atoms with Gasteiger partial charge in [0.15, 0.2) is 5.82 Å². The van der Waals surface area contributed by atoms with Gasteiger partial charge in [-0.05, 0) is 31.5 Å². The Labute approximate surface area is 173 Å². The van der Waals surface area contributed by atoms with Gasteiger partial charge >= 0.3 is 0 Å². The molecule has 1 fully saturated rings. The Bertz CT molecular complexity index is 951. The second-order valence-corrected chi connectivity index (χ2v) is 7.68. The number of anilines is 1. The molecule has 1 aliphatic rings. The van der Waals surface area contributed by atoms with E-state index < -0.39 is 0 Å². The molecule has 8 nitrogen and oxygen atoms in total. The fourth-order valence-electron chi connectivity index (χ4n) is 3.43. The lowest BCUT2D eigenvalue weighted by atomic mass is 10.2. The third kappa shape index (κ3) is 4.81. The average Bonchev–Trinajstić information content (AvgIpc) is 3.41. The van der Waals surface area contributed by atoms with Crippen molar-refractivity contribution in [2.24, 2.45) is 0 Å². The molecule has 0 unspecified atom stereocenters. The molecule has 3 aromatic rings. The maximum Gasteiger partial charge on any atom is 0.239 e. The van der Waals surface area contributed by atoms with Gasteiger partial charge in [0.1, 0.15) is 22.2 Å². The molecule has 0 aromatic carbocycles. The maximum absolute atomic E-state index is 12.7. The summed E-state index contributed by atoms with van der Waals surface area (Å²) in [5, 5.41) is 5.57. The molecule has 0 spiro atoms. The third-order valence-corrected chi connectivity index (χ3v) is 5.54. The number of nitrogens with one attached hydrogen (secondary N) is 1. The van der Waals surface area contributed by atoms with Crippen molar-refractivity contribution in [1.82, 2.24) is 24.8 Å². The van der Waals surface area contributed by atoms with E-state index in [1.54, 1.807) is 25.6 Å². The number of aromatic nitrogens is 4. The zero-order valence-corrected chi connectivity index (χ0v) is 16.9. The topological polar surface area (TPSA) is 93.1 Å². The van der Waals surface area contributed by atoms with E-state index in [1.807, 2.05) is 23.6 Å². The summed E-state index contributed by atoms with van der Waals surface area (Å²) in [6, 6.07) is 7.59. The van der Waals surface area contributed by atoms with Gasteiger partial charge in [-0.2, -0.15) is 0 Å². The van der Waals surface area contributed by atoms with Gasteiger partial charge in [0.05, 0.1) is 13.2 Å². The van der Waals surface area contributed by atoms with Crippen LogP contribution in [0.2, 0.25) is 0 Å². The minimum Gasteiger partial charge on any atom is -0.383 e. The monoisotopic (exact) mass is 410 g/mol. The summed E-state index contributed by atoms with van der Waals surface area (Å²) in [6.45, 7) is 1.84. The normalized spacial score (nSPS) is 16.8. The molecule has 1 aliphatic heterocycles. The van der Waals surface area contributed by atoms with Crippen LogP contribution in [0.5, 0.6) is 0 Å². The number of thiazole rings is 1. The summed E-state index contributed by atoms with van der Waals surface area (Å²) in [5.74, 6) is 0.786. The van der Waals surface area contributed by atoms with Crippen molar-refractivity contribution in [3.05, 3.63) is 42.0 Å². The van der Waals surface area contributed by atoms with Gasteiger partial charge < -0.3 is 10.1 Å². The molecular weight excluding hydrogens is 388 g/mol. The fraction of sp³-hybridized carbons (Fsp3) is 0.350. The van der Waals surface area contributed by atoms with Crippen molar-refractivity contribution in [3.8, 4) is 22.2 Å². The zero-order chi connectivity index (χ0) is 20.1. The Hall–Kier alpha value is -2.75. The van der Waals surface area contributed by atoms with Gasteiger partial charge in [0.2, 0.25) is 5.91 Å². The van der Waals surface area contributed by atoms with Crippen LogP contribution in [0.15, 0.2) is 42.0 Å². The molecule has 0 saturated carbocycles. The molecule has 3 aromatic heterocycles. The second kappa shape index (κ2) is 9.17. The highest BCUT2D eigenvalue weighted by Crippen LogP contribution is 2.25. The van der Waals surface area contributed by atoms with Crippen LogP contribution in [0, 0.1) is 0 Å². The minimum atomic E-state index is -0.108. The van der Waals surface area contributed by atoms with Gasteiger partial charge in [-0.3, -0.25) is 14.7 Å². The van der Waals surface area contributed by atoms with Crippen LogP contribution in [-0.4, -0.2) is 63.6 Å². The molecule has 1 atom stereocenters. The molecule has 1 N–H and O–H groups in total. The predicted octanol–water partition coefficient (Wildman–Crippen LogP) is 2.71. The van der Waals surface area contributed by atoms with E-state index in [-0.39, 0.29) is 11.9 Å². The maximum atomic E-state index is 12.7. The van der Waals surface area contributed by atoms with Gasteiger partial charge in [-0.25, -0.2) is 15.0 Å². The van der Waals surface area contributed by atoms with E-state index in [2.05, 4.69) is 30.2 Å². The van der Waals surface area contributed by atoms with Crippen LogP contribution >= 0.6 is 11.3 Å². The molecule has 0 aliphatic carbocycles. The number of pyridine rings is 1. The summed E-state index contributed by atoms with van der Waals surface area (Å²) < 4.78 is 5.27. The number of rotatable bonds is 7. The number of carbonyl (C=O) groups is 1. The molecular formula is C20H22N6O2S. The molecule has 9 heteroatoms. The first-order chi connectivity index (χ1) is 14.2. The van der Waals surface area contributed by atoms with E-state index in [4.69, 9.17) is 4.74 Å². The first-order valence-electron chi connectivity index (χ1n) is 9.46. The van der Waals surface area contributed by atoms with E-state index in [0.717, 1.165) is 24.4 Å². The van der Waals surface area contributed by atoms with Crippen LogP contribution in [0.3, 0.4) is 0 Å². The standard InChI is InChI=1S/C20H22N6O2S/c1-28-13-14-5-4-9-26(14)12-18(27)24-17-11-16(20-22-8-10-29-20)23-19(25-17)15-6-2-3-7-21-15/h2-3,6-8,10-11,14H,4-5,9,12-13H2,1H3,(H,23,24,25,27)/t14-/m1/s1. The van der Waals surface area contributed by atoms with Crippen LogP contribution in [-0.2, 0) is 9.53 Å². The van der Waals surface area contributed by atoms with Crippen molar-refractivity contribution in [3.63, 3.8) is 0 Å². The van der Waals surface area contributed by atoms with Crippen LogP contribution in [0.1, 0.15) is 12.8 Å². The highest BCUT2D eigenvalue weighted by Gasteiger charge is 2.26. The predicted molar refractivity (Wildman–Crippen MR) is 111 cm³/mol. The number of hydrogen-bond acceptors (Lipinski definition) is 8. The van der Waals surface area contributed by atoms with E-state index in [0.29, 0.717) is 36.2 Å². The van der Waals surface area contributed by atoms with Crippen molar-refractivity contribution in [2.75, 3.05) is 32.1 Å². The molecule has 29 heavy (non-hydrogen) atoms. The number of likely N-dealkylation sites (tertiary alicyclic amines) is 1. The highest BCUT2D eigenvalue weighted by atomic mass is 32.1.